The zero-order valence-electron chi connectivity index (χ0n) is 10.9. The van der Waals surface area contributed by atoms with Gasteiger partial charge in [0.1, 0.15) is 17.2 Å². The van der Waals surface area contributed by atoms with Crippen molar-refractivity contribution >= 4 is 38.3 Å². The van der Waals surface area contributed by atoms with Crippen LogP contribution in [0, 0.1) is 11.3 Å². The number of benzene rings is 2. The minimum atomic E-state index is 0.304. The van der Waals surface area contributed by atoms with E-state index in [1.807, 2.05) is 48.5 Å². The van der Waals surface area contributed by atoms with Crippen molar-refractivity contribution < 1.29 is 4.42 Å². The van der Waals surface area contributed by atoms with Crippen LogP contribution >= 0.6 is 15.9 Å². The molecule has 102 valence electrons. The number of hydrogen-bond acceptors (Lipinski definition) is 4. The van der Waals surface area contributed by atoms with Crippen LogP contribution in [0.1, 0.15) is 5.89 Å². The van der Waals surface area contributed by atoms with Crippen LogP contribution in [0.25, 0.3) is 16.7 Å². The quantitative estimate of drug-likeness (QED) is 0.710. The van der Waals surface area contributed by atoms with Crippen LogP contribution in [0.3, 0.4) is 0 Å². The summed E-state index contributed by atoms with van der Waals surface area (Å²) in [5, 5.41) is 12.4. The average Bonchev–Trinajstić information content (AvgIpc) is 2.93. The van der Waals surface area contributed by atoms with E-state index in [9.17, 15) is 5.26 Å². The summed E-state index contributed by atoms with van der Waals surface area (Å²) in [6, 6.07) is 17.2. The molecule has 0 fully saturated rings. The zero-order chi connectivity index (χ0) is 14.7. The molecule has 0 aliphatic rings. The van der Waals surface area contributed by atoms with Crippen molar-refractivity contribution in [2.24, 2.45) is 0 Å². The molecule has 5 heteroatoms. The summed E-state index contributed by atoms with van der Waals surface area (Å²) in [6.45, 7) is 0. The van der Waals surface area contributed by atoms with Crippen molar-refractivity contribution in [1.29, 1.82) is 5.26 Å². The van der Waals surface area contributed by atoms with Gasteiger partial charge >= 0.3 is 0 Å². The van der Waals surface area contributed by atoms with Gasteiger partial charge in [-0.25, -0.2) is 4.98 Å². The van der Waals surface area contributed by atoms with E-state index >= 15 is 0 Å². The molecule has 2 aromatic carbocycles. The van der Waals surface area contributed by atoms with Crippen LogP contribution in [0.4, 0.5) is 5.69 Å². The maximum atomic E-state index is 9.28. The normalized spacial score (nSPS) is 11.3. The van der Waals surface area contributed by atoms with Crippen LogP contribution in [0.2, 0.25) is 0 Å². The first kappa shape index (κ1) is 13.4. The molecule has 0 aliphatic carbocycles. The third kappa shape index (κ3) is 2.81. The number of oxazole rings is 1. The highest BCUT2D eigenvalue weighted by Gasteiger charge is 2.10. The first-order valence-electron chi connectivity index (χ1n) is 6.25. The SMILES string of the molecule is N#C/C(=C/Nc1ccccc1Br)c1nc2ccccc2o1. The number of nitriles is 1. The van der Waals surface area contributed by atoms with Crippen molar-refractivity contribution in [3.8, 4) is 6.07 Å². The van der Waals surface area contributed by atoms with Crippen molar-refractivity contribution in [3.05, 3.63) is 65.1 Å². The highest BCUT2D eigenvalue weighted by Crippen LogP contribution is 2.23. The van der Waals surface area contributed by atoms with Gasteiger partial charge in [-0.05, 0) is 40.2 Å². The lowest BCUT2D eigenvalue weighted by molar-refractivity contribution is 0.586. The molecule has 0 radical (unpaired) electrons. The molecule has 0 amide bonds. The van der Waals surface area contributed by atoms with Gasteiger partial charge in [0.2, 0.25) is 5.89 Å². The van der Waals surface area contributed by atoms with Crippen LogP contribution in [0.5, 0.6) is 0 Å². The maximum Gasteiger partial charge on any atom is 0.239 e. The first-order valence-corrected chi connectivity index (χ1v) is 7.04. The Morgan fingerprint density at radius 2 is 1.95 bits per heavy atom. The molecule has 1 N–H and O–H groups in total. The van der Waals surface area contributed by atoms with Crippen LogP contribution in [-0.2, 0) is 0 Å². The van der Waals surface area contributed by atoms with E-state index in [0.29, 0.717) is 17.0 Å². The second kappa shape index (κ2) is 5.81. The van der Waals surface area contributed by atoms with Gasteiger partial charge in [0.25, 0.3) is 0 Å². The van der Waals surface area contributed by atoms with Gasteiger partial charge in [-0.1, -0.05) is 24.3 Å². The van der Waals surface area contributed by atoms with Gasteiger partial charge in [-0.2, -0.15) is 5.26 Å². The molecule has 0 saturated carbocycles. The Kier molecular flexibility index (Phi) is 3.71. The predicted octanol–water partition coefficient (Wildman–Crippen LogP) is 4.57. The maximum absolute atomic E-state index is 9.28. The van der Waals surface area contributed by atoms with E-state index in [2.05, 4.69) is 32.3 Å². The highest BCUT2D eigenvalue weighted by molar-refractivity contribution is 9.10. The molecule has 3 aromatic rings. The number of allylic oxidation sites excluding steroid dienone is 1. The van der Waals surface area contributed by atoms with E-state index in [-0.39, 0.29) is 0 Å². The Morgan fingerprint density at radius 3 is 2.71 bits per heavy atom. The fourth-order valence-electron chi connectivity index (χ4n) is 1.86. The fraction of sp³-hybridized carbons (Fsp3) is 0. The number of anilines is 1. The predicted molar refractivity (Wildman–Crippen MR) is 85.4 cm³/mol. The van der Waals surface area contributed by atoms with Gasteiger partial charge < -0.3 is 9.73 Å². The summed E-state index contributed by atoms with van der Waals surface area (Å²) in [4.78, 5) is 4.31. The molecule has 3 rings (SSSR count). The first-order chi connectivity index (χ1) is 10.3. The van der Waals surface area contributed by atoms with Crippen LogP contribution in [0.15, 0.2) is 63.6 Å². The van der Waals surface area contributed by atoms with Crippen molar-refractivity contribution in [2.45, 2.75) is 0 Å². The summed E-state index contributed by atoms with van der Waals surface area (Å²) in [7, 11) is 0. The smallest absolute Gasteiger partial charge is 0.239 e. The Bertz CT molecular complexity index is 828. The summed E-state index contributed by atoms with van der Waals surface area (Å²) in [5.74, 6) is 0.304. The van der Waals surface area contributed by atoms with Gasteiger partial charge in [0.05, 0.1) is 5.69 Å². The molecular weight excluding hydrogens is 330 g/mol. The third-order valence-corrected chi connectivity index (χ3v) is 3.58. The largest absolute Gasteiger partial charge is 0.435 e. The van der Waals surface area contributed by atoms with Gasteiger partial charge in [0, 0.05) is 10.7 Å². The van der Waals surface area contributed by atoms with E-state index in [1.54, 1.807) is 6.20 Å². The summed E-state index contributed by atoms with van der Waals surface area (Å²) in [6.07, 6.45) is 1.59. The van der Waals surface area contributed by atoms with Crippen LogP contribution < -0.4 is 5.32 Å². The number of fused-ring (bicyclic) bond motifs is 1. The monoisotopic (exact) mass is 339 g/mol. The van der Waals surface area contributed by atoms with Crippen molar-refractivity contribution in [2.75, 3.05) is 5.32 Å². The second-order valence-corrected chi connectivity index (χ2v) is 5.14. The molecule has 0 atom stereocenters. The van der Waals surface area contributed by atoms with Crippen LogP contribution in [-0.4, -0.2) is 4.98 Å². The molecule has 4 nitrogen and oxygen atoms in total. The molecule has 0 bridgehead atoms. The number of halogens is 1. The Morgan fingerprint density at radius 1 is 1.19 bits per heavy atom. The number of rotatable bonds is 3. The molecule has 0 unspecified atom stereocenters. The minimum absolute atomic E-state index is 0.304. The van der Waals surface area contributed by atoms with E-state index in [1.165, 1.54) is 0 Å². The van der Waals surface area contributed by atoms with Gasteiger partial charge in [-0.15, -0.1) is 0 Å². The van der Waals surface area contributed by atoms with Gasteiger partial charge in [-0.3, -0.25) is 0 Å². The standard InChI is InChI=1S/C16H10BrN3O/c17-12-5-1-2-6-13(12)19-10-11(9-18)16-20-14-7-3-4-8-15(14)21-16/h1-8,10,19H/b11-10-. The fourth-order valence-corrected chi connectivity index (χ4v) is 2.26. The summed E-state index contributed by atoms with van der Waals surface area (Å²) in [5.41, 5.74) is 2.59. The lowest BCUT2D eigenvalue weighted by Crippen LogP contribution is -1.92. The average molecular weight is 340 g/mol. The number of nitrogens with one attached hydrogen (secondary N) is 1. The minimum Gasteiger partial charge on any atom is -0.435 e. The Balaban J connectivity index is 1.93. The topological polar surface area (TPSA) is 61.9 Å². The van der Waals surface area contributed by atoms with E-state index in [4.69, 9.17) is 4.42 Å². The zero-order valence-corrected chi connectivity index (χ0v) is 12.5. The molecule has 1 aromatic heterocycles. The summed E-state index contributed by atoms with van der Waals surface area (Å²) >= 11 is 3.44. The number of aromatic nitrogens is 1. The second-order valence-electron chi connectivity index (χ2n) is 4.28. The van der Waals surface area contributed by atoms with Gasteiger partial charge in [0.15, 0.2) is 5.58 Å². The summed E-state index contributed by atoms with van der Waals surface area (Å²) < 4.78 is 6.50. The highest BCUT2D eigenvalue weighted by atomic mass is 79.9. The lowest BCUT2D eigenvalue weighted by atomic mass is 10.3. The Hall–Kier alpha value is -2.58. The molecule has 0 saturated heterocycles. The lowest BCUT2D eigenvalue weighted by Gasteiger charge is -2.03. The van der Waals surface area contributed by atoms with E-state index in [0.717, 1.165) is 15.7 Å². The molecule has 21 heavy (non-hydrogen) atoms. The van der Waals surface area contributed by atoms with Crippen molar-refractivity contribution in [1.82, 2.24) is 4.98 Å². The number of hydrogen-bond donors (Lipinski definition) is 1. The number of para-hydroxylation sites is 3. The van der Waals surface area contributed by atoms with E-state index < -0.39 is 0 Å². The molecular formula is C16H10BrN3O. The third-order valence-electron chi connectivity index (χ3n) is 2.89. The number of nitrogens with zero attached hydrogens (tertiary/aromatic N) is 2. The van der Waals surface area contributed by atoms with Crippen molar-refractivity contribution in [3.63, 3.8) is 0 Å². The molecule has 0 spiro atoms. The Labute approximate surface area is 129 Å². The molecule has 1 heterocycles. The molecule has 0 aliphatic heterocycles.